The number of benzene rings is 2. The summed E-state index contributed by atoms with van der Waals surface area (Å²) in [4.78, 5) is 29.2. The fourth-order valence-corrected chi connectivity index (χ4v) is 7.23. The Bertz CT molecular complexity index is 1270. The molecule has 0 spiro atoms. The van der Waals surface area contributed by atoms with Gasteiger partial charge in [-0.1, -0.05) is 60.7 Å². The van der Waals surface area contributed by atoms with Crippen molar-refractivity contribution in [2.75, 3.05) is 38.1 Å². The van der Waals surface area contributed by atoms with Gasteiger partial charge in [0.05, 0.1) is 0 Å². The molecule has 3 aromatic rings. The smallest absolute Gasteiger partial charge is 0.410 e. The number of nitrogens with zero attached hydrogens (tertiary/aromatic N) is 5. The number of hydrogen-bond donors (Lipinski definition) is 0. The molecule has 1 saturated heterocycles. The molecule has 0 radical (unpaired) electrons. The van der Waals surface area contributed by atoms with Gasteiger partial charge in [0.2, 0.25) is 5.95 Å². The minimum absolute atomic E-state index is 0.152. The molecule has 1 amide bonds. The van der Waals surface area contributed by atoms with E-state index < -0.39 is 0 Å². The minimum atomic E-state index is -0.222. The summed E-state index contributed by atoms with van der Waals surface area (Å²) in [5.74, 6) is 1.72. The third-order valence-corrected chi connectivity index (χ3v) is 10.2. The van der Waals surface area contributed by atoms with Gasteiger partial charge in [-0.05, 0) is 92.9 Å². The third kappa shape index (κ3) is 7.56. The number of rotatable bonds is 11. The van der Waals surface area contributed by atoms with Crippen molar-refractivity contribution in [2.45, 2.75) is 81.9 Å². The van der Waals surface area contributed by atoms with Gasteiger partial charge < -0.3 is 19.4 Å². The first-order chi connectivity index (χ1) is 21.1. The molecular formula is C36H47N5O2. The van der Waals surface area contributed by atoms with E-state index in [0.717, 1.165) is 75.7 Å². The summed E-state index contributed by atoms with van der Waals surface area (Å²) < 4.78 is 5.65. The molecule has 0 N–H and O–H groups in total. The Morgan fingerprint density at radius 3 is 2.16 bits per heavy atom. The van der Waals surface area contributed by atoms with E-state index in [1.54, 1.807) is 0 Å². The molecule has 3 aliphatic rings. The van der Waals surface area contributed by atoms with Crippen molar-refractivity contribution in [2.24, 2.45) is 5.92 Å². The van der Waals surface area contributed by atoms with E-state index in [1.807, 2.05) is 60.7 Å². The van der Waals surface area contributed by atoms with Crippen LogP contribution in [0.4, 0.5) is 10.7 Å². The lowest BCUT2D eigenvalue weighted by Crippen LogP contribution is -2.48. The van der Waals surface area contributed by atoms with Crippen LogP contribution < -0.4 is 4.90 Å². The summed E-state index contributed by atoms with van der Waals surface area (Å²) in [5.41, 5.74) is 2.62. The second kappa shape index (κ2) is 13.9. The van der Waals surface area contributed by atoms with Crippen LogP contribution in [-0.2, 0) is 16.8 Å². The number of carbonyl (C=O) groups is 1. The molecule has 7 heteroatoms. The van der Waals surface area contributed by atoms with E-state index in [9.17, 15) is 4.79 Å². The highest BCUT2D eigenvalue weighted by Crippen LogP contribution is 2.44. The van der Waals surface area contributed by atoms with Crippen molar-refractivity contribution in [3.05, 3.63) is 90.3 Å². The normalized spacial score (nSPS) is 23.0. The number of likely N-dealkylation sites (tertiary alicyclic amines) is 1. The van der Waals surface area contributed by atoms with Gasteiger partial charge in [-0.3, -0.25) is 0 Å². The van der Waals surface area contributed by atoms with E-state index in [0.29, 0.717) is 12.6 Å². The lowest BCUT2D eigenvalue weighted by atomic mass is 9.66. The van der Waals surface area contributed by atoms with Crippen LogP contribution in [0, 0.1) is 5.92 Å². The van der Waals surface area contributed by atoms with E-state index in [2.05, 4.69) is 50.1 Å². The van der Waals surface area contributed by atoms with Gasteiger partial charge in [-0.25, -0.2) is 14.8 Å². The van der Waals surface area contributed by atoms with Crippen LogP contribution in [0.5, 0.6) is 0 Å². The second-order valence-electron chi connectivity index (χ2n) is 13.0. The zero-order chi connectivity index (χ0) is 29.5. The second-order valence-corrected chi connectivity index (χ2v) is 13.0. The van der Waals surface area contributed by atoms with Crippen LogP contribution in [0.1, 0.15) is 68.9 Å². The van der Waals surface area contributed by atoms with Gasteiger partial charge in [0.25, 0.3) is 0 Å². The summed E-state index contributed by atoms with van der Waals surface area (Å²) in [6, 6.07) is 23.7. The van der Waals surface area contributed by atoms with E-state index in [-0.39, 0.29) is 17.6 Å². The highest BCUT2D eigenvalue weighted by molar-refractivity contribution is 5.67. The molecule has 2 heterocycles. The fourth-order valence-electron chi connectivity index (χ4n) is 7.23. The number of carbonyl (C=O) groups excluding carboxylic acids is 1. The first-order valence-electron chi connectivity index (χ1n) is 16.3. The molecule has 1 aliphatic heterocycles. The number of ether oxygens (including phenoxy) is 1. The lowest BCUT2D eigenvalue weighted by Gasteiger charge is -2.45. The summed E-state index contributed by atoms with van der Waals surface area (Å²) in [6.45, 7) is 4.79. The molecule has 0 atom stereocenters. The molecule has 2 aromatic carbocycles. The monoisotopic (exact) mass is 581 g/mol. The molecule has 228 valence electrons. The maximum Gasteiger partial charge on any atom is 0.410 e. The van der Waals surface area contributed by atoms with Crippen molar-refractivity contribution in [1.82, 2.24) is 19.8 Å². The predicted octanol–water partition coefficient (Wildman–Crippen LogP) is 6.70. The Morgan fingerprint density at radius 1 is 0.860 bits per heavy atom. The average molecular weight is 582 g/mol. The summed E-state index contributed by atoms with van der Waals surface area (Å²) in [6.07, 6.45) is 13.9. The fraction of sp³-hybridized carbons (Fsp3) is 0.528. The number of aromatic nitrogens is 2. The quantitative estimate of drug-likeness (QED) is 0.251. The molecular weight excluding hydrogens is 534 g/mol. The maximum atomic E-state index is 12.9. The van der Waals surface area contributed by atoms with Crippen LogP contribution in [-0.4, -0.2) is 71.2 Å². The van der Waals surface area contributed by atoms with Crippen molar-refractivity contribution < 1.29 is 9.53 Å². The van der Waals surface area contributed by atoms with Gasteiger partial charge in [-0.15, -0.1) is 0 Å². The third-order valence-electron chi connectivity index (χ3n) is 10.2. The van der Waals surface area contributed by atoms with Crippen molar-refractivity contribution in [1.29, 1.82) is 0 Å². The number of hydrogen-bond acceptors (Lipinski definition) is 6. The van der Waals surface area contributed by atoms with Gasteiger partial charge >= 0.3 is 6.09 Å². The van der Waals surface area contributed by atoms with Crippen LogP contribution in [0.15, 0.2) is 79.1 Å². The molecule has 3 fully saturated rings. The van der Waals surface area contributed by atoms with Crippen LogP contribution in [0.2, 0.25) is 0 Å². The molecule has 0 unspecified atom stereocenters. The molecule has 7 nitrogen and oxygen atoms in total. The van der Waals surface area contributed by atoms with E-state index in [1.165, 1.54) is 31.2 Å². The first-order valence-corrected chi connectivity index (χ1v) is 16.3. The van der Waals surface area contributed by atoms with Crippen LogP contribution >= 0.6 is 0 Å². The Morgan fingerprint density at radius 2 is 1.51 bits per heavy atom. The van der Waals surface area contributed by atoms with Gasteiger partial charge in [0, 0.05) is 51.2 Å². The Balaban J connectivity index is 1.03. The SMILES string of the molecule is CN(C(=O)OCc1ccccc1)C1CCC(CCN2CCC(N(CC3CC3)c3ncccn3)CC2)(c2ccccc2)CC1. The topological polar surface area (TPSA) is 61.8 Å². The van der Waals surface area contributed by atoms with Gasteiger partial charge in [0.1, 0.15) is 6.61 Å². The van der Waals surface area contributed by atoms with E-state index >= 15 is 0 Å². The molecule has 1 aromatic heterocycles. The average Bonchev–Trinajstić information content (AvgIpc) is 3.91. The number of anilines is 1. The highest BCUT2D eigenvalue weighted by atomic mass is 16.6. The largest absolute Gasteiger partial charge is 0.445 e. The zero-order valence-electron chi connectivity index (χ0n) is 25.7. The summed E-state index contributed by atoms with van der Waals surface area (Å²) in [5, 5.41) is 0. The molecule has 2 aliphatic carbocycles. The van der Waals surface area contributed by atoms with Gasteiger partial charge in [0.15, 0.2) is 0 Å². The lowest BCUT2D eigenvalue weighted by molar-refractivity contribution is 0.0731. The Hall–Kier alpha value is -3.45. The van der Waals surface area contributed by atoms with Gasteiger partial charge in [-0.2, -0.15) is 0 Å². The number of piperidine rings is 1. The van der Waals surface area contributed by atoms with Crippen molar-refractivity contribution >= 4 is 12.0 Å². The Labute approximate surface area is 257 Å². The Kier molecular flexibility index (Phi) is 9.57. The highest BCUT2D eigenvalue weighted by Gasteiger charge is 2.39. The first kappa shape index (κ1) is 29.6. The molecule has 0 bridgehead atoms. The van der Waals surface area contributed by atoms with E-state index in [4.69, 9.17) is 4.74 Å². The van der Waals surface area contributed by atoms with Crippen molar-refractivity contribution in [3.8, 4) is 0 Å². The van der Waals surface area contributed by atoms with Crippen LogP contribution in [0.25, 0.3) is 0 Å². The molecule has 2 saturated carbocycles. The predicted molar refractivity (Wildman–Crippen MR) is 171 cm³/mol. The molecule has 6 rings (SSSR count). The minimum Gasteiger partial charge on any atom is -0.445 e. The summed E-state index contributed by atoms with van der Waals surface area (Å²) >= 11 is 0. The standard InChI is InChI=1S/C36H47N5O2/c1-39(35(42)43-28-30-9-4-2-5-10-30)32-15-19-36(20-16-32,31-11-6-3-7-12-31)21-26-40-24-17-33(18-25-40)41(27-29-13-14-29)34-37-22-8-23-38-34/h2-12,22-23,29,32-33H,13-21,24-28H2,1H3. The molecule has 43 heavy (non-hydrogen) atoms. The van der Waals surface area contributed by atoms with Crippen LogP contribution in [0.3, 0.4) is 0 Å². The summed E-state index contributed by atoms with van der Waals surface area (Å²) in [7, 11) is 1.91. The number of amides is 1. The maximum absolute atomic E-state index is 12.9. The van der Waals surface area contributed by atoms with Crippen molar-refractivity contribution in [3.63, 3.8) is 0 Å². The zero-order valence-corrected chi connectivity index (χ0v) is 25.7.